The number of pyridine rings is 1. The second kappa shape index (κ2) is 12.2. The molecule has 0 fully saturated rings. The quantitative estimate of drug-likeness (QED) is 0.463. The molecule has 5 heteroatoms. The van der Waals surface area contributed by atoms with E-state index in [-0.39, 0.29) is 21.1 Å². The van der Waals surface area contributed by atoms with Gasteiger partial charge in [0.25, 0.3) is 0 Å². The standard InChI is InChI=1S/C11H7BrN.CN.CHO.Pt/c12-10-5-3-4-9(8-10)11-6-1-2-7-13-11;2*1-2;/h1-3,5-8H;;1H;/q3*-1;. The van der Waals surface area contributed by atoms with Crippen LogP contribution in [0.25, 0.3) is 11.3 Å². The summed E-state index contributed by atoms with van der Waals surface area (Å²) in [4.78, 5) is 12.0. The third kappa shape index (κ3) is 6.44. The molecule has 1 heterocycles. The van der Waals surface area contributed by atoms with Crippen LogP contribution in [0.4, 0.5) is 0 Å². The summed E-state index contributed by atoms with van der Waals surface area (Å²) in [6.45, 7) is 8.00. The molecule has 0 saturated heterocycles. The van der Waals surface area contributed by atoms with Gasteiger partial charge in [-0.15, -0.1) is 29.8 Å². The van der Waals surface area contributed by atoms with E-state index in [4.69, 9.17) is 16.6 Å². The average molecular weight is 483 g/mol. The van der Waals surface area contributed by atoms with E-state index in [2.05, 4.69) is 33.8 Å². The van der Waals surface area contributed by atoms with Gasteiger partial charge in [0.05, 0.1) is 0 Å². The molecule has 0 saturated carbocycles. The van der Waals surface area contributed by atoms with Crippen molar-refractivity contribution >= 4 is 22.7 Å². The smallest absolute Gasteiger partial charge is 0.0160 e. The molecule has 0 radical (unpaired) electrons. The first-order chi connectivity index (χ1) is 8.36. The van der Waals surface area contributed by atoms with Gasteiger partial charge in [0.2, 0.25) is 0 Å². The molecule has 0 N–H and O–H groups in total. The monoisotopic (exact) mass is 482 g/mol. The van der Waals surface area contributed by atoms with Crippen LogP contribution in [0.5, 0.6) is 0 Å². The van der Waals surface area contributed by atoms with Crippen molar-refractivity contribution in [3.8, 4) is 11.3 Å². The van der Waals surface area contributed by atoms with Gasteiger partial charge in [-0.2, -0.15) is 0 Å². The van der Waals surface area contributed by atoms with Gasteiger partial charge in [-0.1, -0.05) is 32.5 Å². The summed E-state index contributed by atoms with van der Waals surface area (Å²) in [6.07, 6.45) is 1.78. The first kappa shape index (κ1) is 19.0. The predicted octanol–water partition coefficient (Wildman–Crippen LogP) is 3.13. The number of aromatic nitrogens is 1. The maximum atomic E-state index is 7.75. The van der Waals surface area contributed by atoms with Gasteiger partial charge in [0.1, 0.15) is 0 Å². The molecule has 3 nitrogen and oxygen atoms in total. The molecule has 2 aromatic rings. The number of hydrogen-bond acceptors (Lipinski definition) is 3. The van der Waals surface area contributed by atoms with E-state index in [1.54, 1.807) is 6.20 Å². The Labute approximate surface area is 129 Å². The van der Waals surface area contributed by atoms with Crippen LogP contribution in [-0.4, -0.2) is 11.8 Å². The molecule has 0 spiro atoms. The molecule has 0 bridgehead atoms. The Bertz CT molecular complexity index is 463. The van der Waals surface area contributed by atoms with Crippen LogP contribution in [0.3, 0.4) is 0 Å². The topological polar surface area (TPSA) is 53.8 Å². The van der Waals surface area contributed by atoms with Crippen LogP contribution >= 0.6 is 15.9 Å². The Balaban J connectivity index is 0. The summed E-state index contributed by atoms with van der Waals surface area (Å²) in [6, 6.07) is 14.8. The third-order valence-electron chi connectivity index (χ3n) is 1.70. The summed E-state index contributed by atoms with van der Waals surface area (Å²) >= 11 is 3.41. The van der Waals surface area contributed by atoms with E-state index < -0.39 is 0 Å². The Morgan fingerprint density at radius 1 is 1.28 bits per heavy atom. The molecule has 18 heavy (non-hydrogen) atoms. The molecule has 1 aromatic carbocycles. The van der Waals surface area contributed by atoms with Gasteiger partial charge in [0.15, 0.2) is 0 Å². The van der Waals surface area contributed by atoms with Crippen molar-refractivity contribution in [1.82, 2.24) is 4.98 Å². The van der Waals surface area contributed by atoms with E-state index in [9.17, 15) is 0 Å². The minimum atomic E-state index is 0. The fourth-order valence-electron chi connectivity index (χ4n) is 1.11. The number of benzene rings is 1. The summed E-state index contributed by atoms with van der Waals surface area (Å²) in [5.41, 5.74) is 1.96. The van der Waals surface area contributed by atoms with Crippen LogP contribution in [-0.2, 0) is 25.9 Å². The van der Waals surface area contributed by atoms with E-state index in [1.807, 2.05) is 36.4 Å². The zero-order chi connectivity index (χ0) is 13.1. The molecular weight excluding hydrogens is 475 g/mol. The molecule has 0 atom stereocenters. The summed E-state index contributed by atoms with van der Waals surface area (Å²) in [7, 11) is 0. The normalized spacial score (nSPS) is 7.50. The summed E-state index contributed by atoms with van der Waals surface area (Å²) in [5, 5.41) is 6.25. The summed E-state index contributed by atoms with van der Waals surface area (Å²) in [5.74, 6) is 0. The Kier molecular flexibility index (Phi) is 12.9. The zero-order valence-electron chi connectivity index (χ0n) is 9.12. The van der Waals surface area contributed by atoms with Gasteiger partial charge in [-0.05, 0) is 11.8 Å². The maximum absolute atomic E-state index is 7.75. The number of nitrogens with zero attached hydrogens (tertiary/aromatic N) is 2. The predicted molar refractivity (Wildman–Crippen MR) is 67.9 cm³/mol. The molecule has 2 rings (SSSR count). The fraction of sp³-hybridized carbons (Fsp3) is 0. The van der Waals surface area contributed by atoms with Crippen LogP contribution in [0.2, 0.25) is 0 Å². The number of hydrogen-bond donors (Lipinski definition) is 0. The molecule has 96 valence electrons. The van der Waals surface area contributed by atoms with Crippen LogP contribution in [0, 0.1) is 17.9 Å². The van der Waals surface area contributed by atoms with Gasteiger partial charge in [0, 0.05) is 27.3 Å². The number of carbonyl (C=O) groups excluding carboxylic acids is 1. The molecule has 0 aliphatic rings. The first-order valence-corrected chi connectivity index (χ1v) is 5.20. The van der Waals surface area contributed by atoms with Gasteiger partial charge < -0.3 is 21.6 Å². The van der Waals surface area contributed by atoms with Crippen LogP contribution in [0.1, 0.15) is 0 Å². The second-order valence-electron chi connectivity index (χ2n) is 2.64. The van der Waals surface area contributed by atoms with Gasteiger partial charge >= 0.3 is 0 Å². The Morgan fingerprint density at radius 3 is 2.44 bits per heavy atom. The van der Waals surface area contributed by atoms with E-state index >= 15 is 0 Å². The van der Waals surface area contributed by atoms with E-state index in [0.717, 1.165) is 15.7 Å². The van der Waals surface area contributed by atoms with Crippen LogP contribution < -0.4 is 0 Å². The zero-order valence-corrected chi connectivity index (χ0v) is 13.0. The number of halogens is 1. The Morgan fingerprint density at radius 2 is 1.94 bits per heavy atom. The molecule has 1 aromatic heterocycles. The Hall–Kier alpha value is -1.30. The van der Waals surface area contributed by atoms with E-state index in [0.29, 0.717) is 0 Å². The molecular formula is C13H8BrN2OPt-3. The van der Waals surface area contributed by atoms with Gasteiger partial charge in [-0.3, -0.25) is 6.79 Å². The molecule has 0 aliphatic carbocycles. The van der Waals surface area contributed by atoms with Crippen molar-refractivity contribution in [2.75, 3.05) is 0 Å². The molecule has 0 unspecified atom stereocenters. The van der Waals surface area contributed by atoms with Crippen molar-refractivity contribution in [3.05, 3.63) is 59.7 Å². The molecule has 0 amide bonds. The third-order valence-corrected chi connectivity index (χ3v) is 2.20. The maximum Gasteiger partial charge on any atom is 0.0160 e. The average Bonchev–Trinajstić information content (AvgIpc) is 2.44. The van der Waals surface area contributed by atoms with Crippen molar-refractivity contribution in [1.29, 1.82) is 5.26 Å². The minimum absolute atomic E-state index is 0. The largest absolute Gasteiger partial charge is 0.545 e. The van der Waals surface area contributed by atoms with Crippen molar-refractivity contribution in [2.45, 2.75) is 0 Å². The first-order valence-electron chi connectivity index (χ1n) is 4.41. The van der Waals surface area contributed by atoms with Crippen molar-refractivity contribution in [2.24, 2.45) is 0 Å². The molecule has 0 aliphatic heterocycles. The van der Waals surface area contributed by atoms with Crippen molar-refractivity contribution < 1.29 is 25.9 Å². The second-order valence-corrected chi connectivity index (χ2v) is 3.55. The summed E-state index contributed by atoms with van der Waals surface area (Å²) < 4.78 is 1.05. The SMILES string of the molecule is Brc1cc[c-]c(-c2ccccn2)c1.[C-]#N.[CH-]=O.[Pt]. The van der Waals surface area contributed by atoms with Crippen molar-refractivity contribution in [3.63, 3.8) is 0 Å². The fourth-order valence-corrected chi connectivity index (χ4v) is 1.47. The minimum Gasteiger partial charge on any atom is -0.545 e. The van der Waals surface area contributed by atoms with Gasteiger partial charge in [-0.25, -0.2) is 0 Å². The van der Waals surface area contributed by atoms with Crippen LogP contribution in [0.15, 0.2) is 47.1 Å². The van der Waals surface area contributed by atoms with E-state index in [1.165, 1.54) is 0 Å². The number of rotatable bonds is 1.